The Kier molecular flexibility index (Phi) is 3.08. The molecule has 1 saturated heterocycles. The van der Waals surface area contributed by atoms with Crippen LogP contribution in [0.25, 0.3) is 0 Å². The Balaban J connectivity index is 2.08. The van der Waals surface area contributed by atoms with Crippen LogP contribution in [0.4, 0.5) is 5.69 Å². The van der Waals surface area contributed by atoms with Gasteiger partial charge in [0.25, 0.3) is 0 Å². The Labute approximate surface area is 95.5 Å². The summed E-state index contributed by atoms with van der Waals surface area (Å²) in [6.07, 6.45) is 2.92. The molecule has 0 unspecified atom stereocenters. The van der Waals surface area contributed by atoms with E-state index in [0.29, 0.717) is 5.92 Å². The van der Waals surface area contributed by atoms with Crippen LogP contribution in [-0.4, -0.2) is 29.4 Å². The van der Waals surface area contributed by atoms with Gasteiger partial charge < -0.3 is 10.6 Å². The molecule has 0 atom stereocenters. The highest BCUT2D eigenvalue weighted by atomic mass is 16.1. The number of aryl methyl sites for hydroxylation is 1. The van der Waals surface area contributed by atoms with Crippen LogP contribution in [0, 0.1) is 6.92 Å². The monoisotopic (exact) mass is 219 g/mol. The van der Waals surface area contributed by atoms with Crippen LogP contribution < -0.4 is 5.73 Å². The number of nitrogens with zero attached hydrogens (tertiary/aromatic N) is 2. The Morgan fingerprint density at radius 2 is 2.12 bits per heavy atom. The van der Waals surface area contributed by atoms with Crippen molar-refractivity contribution in [3.63, 3.8) is 0 Å². The second-order valence-electron chi connectivity index (χ2n) is 4.33. The van der Waals surface area contributed by atoms with Crippen LogP contribution in [0.15, 0.2) is 12.1 Å². The van der Waals surface area contributed by atoms with Crippen LogP contribution in [-0.2, 0) is 4.79 Å². The SMILES string of the molecule is Cc1nc(C2CCN(C=O)CC2)ccc1N. The van der Waals surface area contributed by atoms with Crippen LogP contribution in [0.1, 0.15) is 30.1 Å². The van der Waals surface area contributed by atoms with Crippen molar-refractivity contribution in [2.24, 2.45) is 0 Å². The zero-order chi connectivity index (χ0) is 11.5. The van der Waals surface area contributed by atoms with Crippen molar-refractivity contribution in [3.8, 4) is 0 Å². The Morgan fingerprint density at radius 1 is 1.44 bits per heavy atom. The van der Waals surface area contributed by atoms with Gasteiger partial charge >= 0.3 is 0 Å². The van der Waals surface area contributed by atoms with Gasteiger partial charge in [0.15, 0.2) is 0 Å². The molecule has 0 aliphatic carbocycles. The highest BCUT2D eigenvalue weighted by Crippen LogP contribution is 2.27. The van der Waals surface area contributed by atoms with Crippen molar-refractivity contribution >= 4 is 12.1 Å². The molecule has 2 heterocycles. The van der Waals surface area contributed by atoms with E-state index in [1.807, 2.05) is 24.0 Å². The summed E-state index contributed by atoms with van der Waals surface area (Å²) in [5.41, 5.74) is 8.50. The number of carbonyl (C=O) groups is 1. The molecule has 1 aromatic heterocycles. The Morgan fingerprint density at radius 3 is 2.69 bits per heavy atom. The molecule has 1 aliphatic heterocycles. The van der Waals surface area contributed by atoms with Crippen LogP contribution in [0.3, 0.4) is 0 Å². The summed E-state index contributed by atoms with van der Waals surface area (Å²) < 4.78 is 0. The molecule has 0 spiro atoms. The second kappa shape index (κ2) is 4.51. The molecule has 4 heteroatoms. The van der Waals surface area contributed by atoms with E-state index in [4.69, 9.17) is 5.73 Å². The molecular weight excluding hydrogens is 202 g/mol. The minimum atomic E-state index is 0.468. The first-order valence-corrected chi connectivity index (χ1v) is 5.63. The van der Waals surface area contributed by atoms with E-state index in [9.17, 15) is 4.79 Å². The number of rotatable bonds is 2. The lowest BCUT2D eigenvalue weighted by Crippen LogP contribution is -2.31. The first-order chi connectivity index (χ1) is 7.70. The average Bonchev–Trinajstić information content (AvgIpc) is 2.33. The fourth-order valence-electron chi connectivity index (χ4n) is 2.12. The lowest BCUT2D eigenvalue weighted by atomic mass is 9.93. The third kappa shape index (κ3) is 2.15. The molecule has 2 rings (SSSR count). The van der Waals surface area contributed by atoms with Gasteiger partial charge in [0.1, 0.15) is 0 Å². The molecule has 16 heavy (non-hydrogen) atoms. The number of aromatic nitrogens is 1. The van der Waals surface area contributed by atoms with Gasteiger partial charge in [-0.05, 0) is 31.9 Å². The van der Waals surface area contributed by atoms with Crippen molar-refractivity contribution in [1.29, 1.82) is 0 Å². The Hall–Kier alpha value is -1.58. The van der Waals surface area contributed by atoms with Gasteiger partial charge in [-0.2, -0.15) is 0 Å². The first-order valence-electron chi connectivity index (χ1n) is 5.63. The largest absolute Gasteiger partial charge is 0.397 e. The molecule has 2 N–H and O–H groups in total. The standard InChI is InChI=1S/C12H17N3O/c1-9-11(13)2-3-12(14-9)10-4-6-15(8-16)7-5-10/h2-3,8,10H,4-7,13H2,1H3. The van der Waals surface area contributed by atoms with Crippen LogP contribution >= 0.6 is 0 Å². The van der Waals surface area contributed by atoms with Crippen molar-refractivity contribution < 1.29 is 4.79 Å². The minimum Gasteiger partial charge on any atom is -0.397 e. The van der Waals surface area contributed by atoms with Crippen molar-refractivity contribution in [2.75, 3.05) is 18.8 Å². The number of piperidine rings is 1. The maximum Gasteiger partial charge on any atom is 0.209 e. The van der Waals surface area contributed by atoms with Crippen LogP contribution in [0.2, 0.25) is 0 Å². The van der Waals surface area contributed by atoms with Gasteiger partial charge in [-0.3, -0.25) is 9.78 Å². The van der Waals surface area contributed by atoms with Gasteiger partial charge in [-0.15, -0.1) is 0 Å². The summed E-state index contributed by atoms with van der Waals surface area (Å²) in [7, 11) is 0. The van der Waals surface area contributed by atoms with Crippen LogP contribution in [0.5, 0.6) is 0 Å². The van der Waals surface area contributed by atoms with E-state index in [1.54, 1.807) is 0 Å². The number of anilines is 1. The van der Waals surface area contributed by atoms with Gasteiger partial charge in [0.2, 0.25) is 6.41 Å². The lowest BCUT2D eigenvalue weighted by molar-refractivity contribution is -0.119. The zero-order valence-corrected chi connectivity index (χ0v) is 9.52. The van der Waals surface area contributed by atoms with E-state index in [0.717, 1.165) is 49.4 Å². The van der Waals surface area contributed by atoms with Gasteiger partial charge in [-0.25, -0.2) is 0 Å². The molecule has 1 aliphatic rings. The zero-order valence-electron chi connectivity index (χ0n) is 9.52. The summed E-state index contributed by atoms with van der Waals surface area (Å²) in [5, 5.41) is 0. The van der Waals surface area contributed by atoms with Crippen molar-refractivity contribution in [1.82, 2.24) is 9.88 Å². The summed E-state index contributed by atoms with van der Waals surface area (Å²) in [6, 6.07) is 3.92. The van der Waals surface area contributed by atoms with Gasteiger partial charge in [0, 0.05) is 24.7 Å². The number of hydrogen-bond donors (Lipinski definition) is 1. The molecule has 0 bridgehead atoms. The summed E-state index contributed by atoms with van der Waals surface area (Å²) in [5.74, 6) is 0.468. The number of carbonyl (C=O) groups excluding carboxylic acids is 1. The van der Waals surface area contributed by atoms with Crippen molar-refractivity contribution in [3.05, 3.63) is 23.5 Å². The van der Waals surface area contributed by atoms with Gasteiger partial charge in [-0.1, -0.05) is 0 Å². The molecule has 0 radical (unpaired) electrons. The van der Waals surface area contributed by atoms with Gasteiger partial charge in [0.05, 0.1) is 11.4 Å². The molecule has 1 aromatic rings. The van der Waals surface area contributed by atoms with E-state index in [-0.39, 0.29) is 0 Å². The smallest absolute Gasteiger partial charge is 0.209 e. The molecule has 0 aromatic carbocycles. The maximum absolute atomic E-state index is 10.6. The number of nitrogen functional groups attached to an aromatic ring is 1. The third-order valence-corrected chi connectivity index (χ3v) is 3.25. The molecule has 1 amide bonds. The van der Waals surface area contributed by atoms with E-state index >= 15 is 0 Å². The Bertz CT molecular complexity index is 384. The highest BCUT2D eigenvalue weighted by molar-refractivity contribution is 5.47. The normalized spacial score (nSPS) is 17.4. The fraction of sp³-hybridized carbons (Fsp3) is 0.500. The maximum atomic E-state index is 10.6. The number of likely N-dealkylation sites (tertiary alicyclic amines) is 1. The number of amides is 1. The second-order valence-corrected chi connectivity index (χ2v) is 4.33. The number of hydrogen-bond acceptors (Lipinski definition) is 3. The van der Waals surface area contributed by atoms with E-state index < -0.39 is 0 Å². The molecular formula is C12H17N3O. The first kappa shape index (κ1) is 10.9. The third-order valence-electron chi connectivity index (χ3n) is 3.25. The number of nitrogens with two attached hydrogens (primary N) is 1. The minimum absolute atomic E-state index is 0.468. The topological polar surface area (TPSA) is 59.2 Å². The lowest BCUT2D eigenvalue weighted by Gasteiger charge is -2.28. The van der Waals surface area contributed by atoms with E-state index in [1.165, 1.54) is 0 Å². The summed E-state index contributed by atoms with van der Waals surface area (Å²) >= 11 is 0. The quantitative estimate of drug-likeness (QED) is 0.763. The highest BCUT2D eigenvalue weighted by Gasteiger charge is 2.20. The molecule has 86 valence electrons. The summed E-state index contributed by atoms with van der Waals surface area (Å²) in [4.78, 5) is 16.9. The fourth-order valence-corrected chi connectivity index (χ4v) is 2.12. The number of pyridine rings is 1. The average molecular weight is 219 g/mol. The van der Waals surface area contributed by atoms with E-state index in [2.05, 4.69) is 4.98 Å². The predicted molar refractivity (Wildman–Crippen MR) is 63.0 cm³/mol. The molecule has 0 saturated carbocycles. The summed E-state index contributed by atoms with van der Waals surface area (Å²) in [6.45, 7) is 3.60. The van der Waals surface area contributed by atoms with Crippen molar-refractivity contribution in [2.45, 2.75) is 25.7 Å². The molecule has 4 nitrogen and oxygen atoms in total. The molecule has 1 fully saturated rings. The predicted octanol–water partition coefficient (Wildman–Crippen LogP) is 1.31.